The van der Waals surface area contributed by atoms with E-state index in [1.54, 1.807) is 0 Å². The number of halogens is 1. The SMILES string of the molecule is CN=C(NCc1ccccc1N1CCOCC1)NC1CC=CC1.I. The van der Waals surface area contributed by atoms with Gasteiger partial charge in [-0.15, -0.1) is 24.0 Å². The van der Waals surface area contributed by atoms with Crippen LogP contribution >= 0.6 is 24.0 Å². The van der Waals surface area contributed by atoms with E-state index in [1.165, 1.54) is 11.3 Å². The van der Waals surface area contributed by atoms with Gasteiger partial charge in [0.1, 0.15) is 0 Å². The van der Waals surface area contributed by atoms with Gasteiger partial charge < -0.3 is 20.3 Å². The van der Waals surface area contributed by atoms with Crippen molar-refractivity contribution in [1.82, 2.24) is 10.6 Å². The third kappa shape index (κ3) is 5.11. The molecule has 1 heterocycles. The first-order valence-corrected chi connectivity index (χ1v) is 8.39. The van der Waals surface area contributed by atoms with Crippen LogP contribution in [0.4, 0.5) is 5.69 Å². The predicted molar refractivity (Wildman–Crippen MR) is 110 cm³/mol. The topological polar surface area (TPSA) is 48.9 Å². The molecule has 0 aromatic heterocycles. The molecule has 1 saturated heterocycles. The van der Waals surface area contributed by atoms with Gasteiger partial charge in [0, 0.05) is 38.4 Å². The Bertz CT molecular complexity index is 562. The second-order valence-electron chi connectivity index (χ2n) is 5.94. The van der Waals surface area contributed by atoms with Crippen LogP contribution < -0.4 is 15.5 Å². The summed E-state index contributed by atoms with van der Waals surface area (Å²) in [5.41, 5.74) is 2.59. The number of aliphatic imine (C=N–C) groups is 1. The Morgan fingerprint density at radius 2 is 1.92 bits per heavy atom. The van der Waals surface area contributed by atoms with E-state index >= 15 is 0 Å². The number of para-hydroxylation sites is 1. The van der Waals surface area contributed by atoms with Gasteiger partial charge in [0.15, 0.2) is 5.96 Å². The molecule has 0 atom stereocenters. The molecule has 3 rings (SSSR count). The van der Waals surface area contributed by atoms with Gasteiger partial charge in [-0.3, -0.25) is 4.99 Å². The van der Waals surface area contributed by atoms with E-state index in [4.69, 9.17) is 4.74 Å². The second-order valence-corrected chi connectivity index (χ2v) is 5.94. The van der Waals surface area contributed by atoms with Gasteiger partial charge in [-0.2, -0.15) is 0 Å². The largest absolute Gasteiger partial charge is 0.378 e. The molecule has 6 heteroatoms. The first-order valence-electron chi connectivity index (χ1n) is 8.39. The lowest BCUT2D eigenvalue weighted by Crippen LogP contribution is -2.42. The molecule has 0 saturated carbocycles. The van der Waals surface area contributed by atoms with Crippen molar-refractivity contribution in [3.05, 3.63) is 42.0 Å². The molecular formula is C18H27IN4O. The predicted octanol–water partition coefficient (Wildman–Crippen LogP) is 2.52. The van der Waals surface area contributed by atoms with Crippen molar-refractivity contribution in [2.24, 2.45) is 4.99 Å². The molecule has 1 fully saturated rings. The minimum Gasteiger partial charge on any atom is -0.378 e. The zero-order valence-corrected chi connectivity index (χ0v) is 16.5. The van der Waals surface area contributed by atoms with E-state index in [1.807, 2.05) is 7.05 Å². The maximum Gasteiger partial charge on any atom is 0.191 e. The number of benzene rings is 1. The van der Waals surface area contributed by atoms with Crippen LogP contribution in [0.5, 0.6) is 0 Å². The summed E-state index contributed by atoms with van der Waals surface area (Å²) >= 11 is 0. The molecule has 1 aliphatic heterocycles. The van der Waals surface area contributed by atoms with Gasteiger partial charge in [0.2, 0.25) is 0 Å². The molecule has 0 bridgehead atoms. The van der Waals surface area contributed by atoms with Gasteiger partial charge in [0.05, 0.1) is 13.2 Å². The number of rotatable bonds is 4. The molecule has 0 radical (unpaired) electrons. The van der Waals surface area contributed by atoms with E-state index in [2.05, 4.69) is 56.9 Å². The molecule has 0 amide bonds. The second kappa shape index (κ2) is 9.88. The van der Waals surface area contributed by atoms with Gasteiger partial charge >= 0.3 is 0 Å². The molecule has 0 unspecified atom stereocenters. The highest BCUT2D eigenvalue weighted by Crippen LogP contribution is 2.21. The fourth-order valence-corrected chi connectivity index (χ4v) is 3.08. The molecule has 1 aromatic rings. The number of hydrogen-bond acceptors (Lipinski definition) is 3. The minimum atomic E-state index is 0. The average Bonchev–Trinajstić information content (AvgIpc) is 3.12. The highest BCUT2D eigenvalue weighted by atomic mass is 127. The highest BCUT2D eigenvalue weighted by Gasteiger charge is 2.15. The van der Waals surface area contributed by atoms with Crippen LogP contribution in [0, 0.1) is 0 Å². The van der Waals surface area contributed by atoms with Crippen LogP contribution in [0.2, 0.25) is 0 Å². The summed E-state index contributed by atoms with van der Waals surface area (Å²) < 4.78 is 5.46. The maximum atomic E-state index is 5.46. The lowest BCUT2D eigenvalue weighted by molar-refractivity contribution is 0.122. The van der Waals surface area contributed by atoms with Crippen molar-refractivity contribution in [3.63, 3.8) is 0 Å². The summed E-state index contributed by atoms with van der Waals surface area (Å²) in [5.74, 6) is 0.871. The van der Waals surface area contributed by atoms with Gasteiger partial charge in [-0.1, -0.05) is 30.4 Å². The van der Waals surface area contributed by atoms with Gasteiger partial charge in [0.25, 0.3) is 0 Å². The Kier molecular flexibility index (Phi) is 7.84. The average molecular weight is 442 g/mol. The Balaban J connectivity index is 0.00000208. The maximum absolute atomic E-state index is 5.46. The van der Waals surface area contributed by atoms with Crippen LogP contribution in [0.25, 0.3) is 0 Å². The number of nitrogens with one attached hydrogen (secondary N) is 2. The Labute approximate surface area is 161 Å². The standard InChI is InChI=1S/C18H26N4O.HI/c1-19-18(21-16-7-3-4-8-16)20-14-15-6-2-5-9-17(15)22-10-12-23-13-11-22;/h2-6,9,16H,7-8,10-14H2,1H3,(H2,19,20,21);1H. The van der Waals surface area contributed by atoms with E-state index in [0.717, 1.165) is 51.6 Å². The van der Waals surface area contributed by atoms with E-state index in [9.17, 15) is 0 Å². The lowest BCUT2D eigenvalue weighted by atomic mass is 10.1. The van der Waals surface area contributed by atoms with Crippen LogP contribution in [0.3, 0.4) is 0 Å². The fraction of sp³-hybridized carbons (Fsp3) is 0.500. The first kappa shape index (κ1) is 19.1. The van der Waals surface area contributed by atoms with E-state index in [0.29, 0.717) is 6.04 Å². The van der Waals surface area contributed by atoms with Crippen LogP contribution in [0.1, 0.15) is 18.4 Å². The van der Waals surface area contributed by atoms with Crippen molar-refractivity contribution in [3.8, 4) is 0 Å². The van der Waals surface area contributed by atoms with Crippen LogP contribution in [0.15, 0.2) is 41.4 Å². The van der Waals surface area contributed by atoms with Crippen molar-refractivity contribution in [2.75, 3.05) is 38.3 Å². The Morgan fingerprint density at radius 3 is 2.62 bits per heavy atom. The van der Waals surface area contributed by atoms with Gasteiger partial charge in [-0.05, 0) is 24.5 Å². The summed E-state index contributed by atoms with van der Waals surface area (Å²) in [7, 11) is 1.82. The first-order chi connectivity index (χ1) is 11.4. The fourth-order valence-electron chi connectivity index (χ4n) is 3.08. The number of nitrogens with zero attached hydrogens (tertiary/aromatic N) is 2. The molecule has 2 aliphatic rings. The molecular weight excluding hydrogens is 415 g/mol. The quantitative estimate of drug-likeness (QED) is 0.326. The molecule has 132 valence electrons. The molecule has 5 nitrogen and oxygen atoms in total. The number of anilines is 1. The van der Waals surface area contributed by atoms with Crippen molar-refractivity contribution >= 4 is 35.6 Å². The summed E-state index contributed by atoms with van der Waals surface area (Å²) in [4.78, 5) is 6.74. The third-order valence-corrected chi connectivity index (χ3v) is 4.36. The zero-order chi connectivity index (χ0) is 15.9. The lowest BCUT2D eigenvalue weighted by Gasteiger charge is -2.30. The number of hydrogen-bond donors (Lipinski definition) is 2. The Morgan fingerprint density at radius 1 is 1.21 bits per heavy atom. The minimum absolute atomic E-state index is 0. The Hall–Kier alpha value is -1.28. The molecule has 1 aromatic carbocycles. The van der Waals surface area contributed by atoms with E-state index < -0.39 is 0 Å². The van der Waals surface area contributed by atoms with Crippen LogP contribution in [-0.2, 0) is 11.3 Å². The van der Waals surface area contributed by atoms with E-state index in [-0.39, 0.29) is 24.0 Å². The number of ether oxygens (including phenoxy) is 1. The summed E-state index contributed by atoms with van der Waals surface area (Å²) in [6, 6.07) is 9.04. The zero-order valence-electron chi connectivity index (χ0n) is 14.2. The van der Waals surface area contributed by atoms with Crippen molar-refractivity contribution in [1.29, 1.82) is 0 Å². The smallest absolute Gasteiger partial charge is 0.191 e. The molecule has 24 heavy (non-hydrogen) atoms. The normalized spacial score (nSPS) is 18.4. The number of guanidine groups is 1. The highest BCUT2D eigenvalue weighted by molar-refractivity contribution is 14.0. The summed E-state index contributed by atoms with van der Waals surface area (Å²) in [6.07, 6.45) is 6.59. The van der Waals surface area contributed by atoms with Gasteiger partial charge in [-0.25, -0.2) is 0 Å². The molecule has 2 N–H and O–H groups in total. The van der Waals surface area contributed by atoms with Crippen molar-refractivity contribution < 1.29 is 4.74 Å². The number of morpholine rings is 1. The molecule has 1 aliphatic carbocycles. The molecule has 0 spiro atoms. The van der Waals surface area contributed by atoms with Crippen molar-refractivity contribution in [2.45, 2.75) is 25.4 Å². The van der Waals surface area contributed by atoms with Crippen LogP contribution in [-0.4, -0.2) is 45.4 Å². The monoisotopic (exact) mass is 442 g/mol. The summed E-state index contributed by atoms with van der Waals surface area (Å²) in [5, 5.41) is 6.92. The third-order valence-electron chi connectivity index (χ3n) is 4.36. The summed E-state index contributed by atoms with van der Waals surface area (Å²) in [6.45, 7) is 4.29.